The molecule has 1 atom stereocenters. The van der Waals surface area contributed by atoms with Crippen LogP contribution >= 0.6 is 0 Å². The molecule has 0 radical (unpaired) electrons. The van der Waals surface area contributed by atoms with Crippen LogP contribution in [0.5, 0.6) is 11.5 Å². The molecule has 1 aliphatic heterocycles. The lowest BCUT2D eigenvalue weighted by atomic mass is 9.96. The fraction of sp³-hybridized carbons (Fsp3) is 0.323. The fourth-order valence-electron chi connectivity index (χ4n) is 5.09. The van der Waals surface area contributed by atoms with Gasteiger partial charge in [0.15, 0.2) is 16.9 Å². The summed E-state index contributed by atoms with van der Waals surface area (Å²) >= 11 is 0. The van der Waals surface area contributed by atoms with Crippen molar-refractivity contribution in [1.29, 1.82) is 0 Å². The third kappa shape index (κ3) is 4.64. The highest BCUT2D eigenvalue weighted by atomic mass is 16.5. The first-order valence-electron chi connectivity index (χ1n) is 12.9. The van der Waals surface area contributed by atoms with Crippen LogP contribution in [0.1, 0.15) is 64.7 Å². The van der Waals surface area contributed by atoms with E-state index < -0.39 is 6.04 Å². The summed E-state index contributed by atoms with van der Waals surface area (Å²) < 4.78 is 17.8. The molecule has 38 heavy (non-hydrogen) atoms. The molecule has 7 heteroatoms. The van der Waals surface area contributed by atoms with E-state index in [4.69, 9.17) is 13.9 Å². The Bertz CT molecular complexity index is 1560. The second-order valence-corrected chi connectivity index (χ2v) is 10.3. The van der Waals surface area contributed by atoms with E-state index in [1.165, 1.54) is 0 Å². The largest absolute Gasteiger partial charge is 0.493 e. The maximum absolute atomic E-state index is 14.0. The molecule has 1 unspecified atom stereocenters. The van der Waals surface area contributed by atoms with Crippen molar-refractivity contribution in [3.63, 3.8) is 0 Å². The van der Waals surface area contributed by atoms with Crippen LogP contribution in [0.2, 0.25) is 0 Å². The Kier molecular flexibility index (Phi) is 6.93. The molecule has 3 heterocycles. The van der Waals surface area contributed by atoms with E-state index in [0.717, 1.165) is 28.7 Å². The van der Waals surface area contributed by atoms with Gasteiger partial charge in [0.25, 0.3) is 5.91 Å². The van der Waals surface area contributed by atoms with Gasteiger partial charge in [0.1, 0.15) is 5.58 Å². The highest BCUT2D eigenvalue weighted by molar-refractivity contribution is 5.99. The van der Waals surface area contributed by atoms with E-state index in [9.17, 15) is 9.59 Å². The van der Waals surface area contributed by atoms with Crippen LogP contribution < -0.4 is 14.9 Å². The molecule has 5 rings (SSSR count). The van der Waals surface area contributed by atoms with Gasteiger partial charge in [0.05, 0.1) is 30.7 Å². The average molecular weight is 513 g/mol. The standard InChI is InChI=1S/C31H32N2O5/c1-18(2)10-12-37-23-9-8-22(15-24(23)36-5)28-27-29(34)26-20(4)13-19(3)14-25(26)38-30(27)31(35)33(28)17-21-7-6-11-32-16-21/h6-9,11,13-16,18,28H,10,12,17H2,1-5H3. The molecule has 0 N–H and O–H groups in total. The van der Waals surface area contributed by atoms with E-state index in [1.54, 1.807) is 24.4 Å². The minimum absolute atomic E-state index is 0.0811. The Morgan fingerprint density at radius 2 is 1.89 bits per heavy atom. The third-order valence-electron chi connectivity index (χ3n) is 6.94. The van der Waals surface area contributed by atoms with E-state index in [2.05, 4.69) is 18.8 Å². The van der Waals surface area contributed by atoms with E-state index in [-0.39, 0.29) is 23.6 Å². The first kappa shape index (κ1) is 25.5. The lowest BCUT2D eigenvalue weighted by Gasteiger charge is -2.26. The predicted molar refractivity (Wildman–Crippen MR) is 146 cm³/mol. The van der Waals surface area contributed by atoms with Crippen molar-refractivity contribution in [3.05, 3.63) is 98.7 Å². The number of nitrogens with zero attached hydrogens (tertiary/aromatic N) is 2. The van der Waals surface area contributed by atoms with Crippen molar-refractivity contribution in [2.45, 2.75) is 46.7 Å². The van der Waals surface area contributed by atoms with Crippen LogP contribution in [0.15, 0.2) is 64.1 Å². The summed E-state index contributed by atoms with van der Waals surface area (Å²) in [6, 6.07) is 12.4. The number of benzene rings is 2. The molecular weight excluding hydrogens is 480 g/mol. The van der Waals surface area contributed by atoms with Gasteiger partial charge >= 0.3 is 0 Å². The smallest absolute Gasteiger partial charge is 0.291 e. The lowest BCUT2D eigenvalue weighted by molar-refractivity contribution is 0.0714. The quantitative estimate of drug-likeness (QED) is 0.289. The van der Waals surface area contributed by atoms with Crippen LogP contribution in [-0.2, 0) is 6.54 Å². The zero-order chi connectivity index (χ0) is 27.0. The minimum Gasteiger partial charge on any atom is -0.493 e. The number of hydrogen-bond donors (Lipinski definition) is 0. The van der Waals surface area contributed by atoms with Gasteiger partial charge in [0.2, 0.25) is 5.76 Å². The van der Waals surface area contributed by atoms with Gasteiger partial charge in [-0.15, -0.1) is 0 Å². The molecule has 0 saturated carbocycles. The number of amides is 1. The number of pyridine rings is 1. The van der Waals surface area contributed by atoms with Crippen molar-refractivity contribution >= 4 is 16.9 Å². The summed E-state index contributed by atoms with van der Waals surface area (Å²) in [4.78, 5) is 33.7. The molecule has 7 nitrogen and oxygen atoms in total. The molecule has 196 valence electrons. The number of carbonyl (C=O) groups excluding carboxylic acids is 1. The Morgan fingerprint density at radius 1 is 1.08 bits per heavy atom. The van der Waals surface area contributed by atoms with Crippen molar-refractivity contribution in [2.24, 2.45) is 5.92 Å². The second-order valence-electron chi connectivity index (χ2n) is 10.3. The number of carbonyl (C=O) groups is 1. The molecule has 2 aromatic carbocycles. The lowest BCUT2D eigenvalue weighted by Crippen LogP contribution is -2.29. The first-order valence-corrected chi connectivity index (χ1v) is 12.9. The number of fused-ring (bicyclic) bond motifs is 2. The molecule has 0 saturated heterocycles. The third-order valence-corrected chi connectivity index (χ3v) is 6.94. The van der Waals surface area contributed by atoms with Crippen LogP contribution in [0.3, 0.4) is 0 Å². The SMILES string of the molecule is COc1cc(C2c3c(oc4cc(C)cc(C)c4c3=O)C(=O)N2Cc2cccnc2)ccc1OCCC(C)C. The molecular formula is C31H32N2O5. The van der Waals surface area contributed by atoms with Crippen LogP contribution in [-0.4, -0.2) is 29.5 Å². The zero-order valence-corrected chi connectivity index (χ0v) is 22.4. The number of aromatic nitrogens is 1. The molecule has 1 amide bonds. The summed E-state index contributed by atoms with van der Waals surface area (Å²) in [5, 5.41) is 0.496. The molecule has 2 aromatic heterocycles. The second kappa shape index (κ2) is 10.3. The summed E-state index contributed by atoms with van der Waals surface area (Å²) in [7, 11) is 1.59. The normalized spacial score (nSPS) is 14.8. The summed E-state index contributed by atoms with van der Waals surface area (Å²) in [6.45, 7) is 8.96. The Morgan fingerprint density at radius 3 is 2.61 bits per heavy atom. The van der Waals surface area contributed by atoms with Gasteiger partial charge in [-0.2, -0.15) is 0 Å². The highest BCUT2D eigenvalue weighted by Gasteiger charge is 2.43. The fourth-order valence-corrected chi connectivity index (χ4v) is 5.09. The van der Waals surface area contributed by atoms with Crippen molar-refractivity contribution in [1.82, 2.24) is 9.88 Å². The van der Waals surface area contributed by atoms with Gasteiger partial charge in [-0.3, -0.25) is 14.6 Å². The van der Waals surface area contributed by atoms with Crippen molar-refractivity contribution < 1.29 is 18.7 Å². The molecule has 0 bridgehead atoms. The topological polar surface area (TPSA) is 81.9 Å². The van der Waals surface area contributed by atoms with E-state index >= 15 is 0 Å². The number of rotatable bonds is 8. The molecule has 0 spiro atoms. The summed E-state index contributed by atoms with van der Waals surface area (Å²) in [5.74, 6) is 1.44. The van der Waals surface area contributed by atoms with Gasteiger partial charge in [0, 0.05) is 18.9 Å². The van der Waals surface area contributed by atoms with Crippen molar-refractivity contribution in [2.75, 3.05) is 13.7 Å². The first-order chi connectivity index (χ1) is 18.3. The monoisotopic (exact) mass is 512 g/mol. The molecule has 0 fully saturated rings. The summed E-state index contributed by atoms with van der Waals surface area (Å²) in [5.41, 5.74) is 3.95. The molecule has 0 aliphatic carbocycles. The van der Waals surface area contributed by atoms with Crippen LogP contribution in [0.25, 0.3) is 11.0 Å². The number of ether oxygens (including phenoxy) is 2. The number of hydrogen-bond acceptors (Lipinski definition) is 6. The zero-order valence-electron chi connectivity index (χ0n) is 22.4. The van der Waals surface area contributed by atoms with Gasteiger partial charge in [-0.1, -0.05) is 32.0 Å². The average Bonchev–Trinajstić information content (AvgIpc) is 3.15. The summed E-state index contributed by atoms with van der Waals surface area (Å²) in [6.07, 6.45) is 4.33. The predicted octanol–water partition coefficient (Wildman–Crippen LogP) is 5.98. The van der Waals surface area contributed by atoms with E-state index in [0.29, 0.717) is 40.6 Å². The Hall–Kier alpha value is -4.13. The Labute approximate surface area is 222 Å². The van der Waals surface area contributed by atoms with Crippen LogP contribution in [0, 0.1) is 19.8 Å². The maximum Gasteiger partial charge on any atom is 0.291 e. The number of methoxy groups -OCH3 is 1. The maximum atomic E-state index is 14.0. The van der Waals surface area contributed by atoms with E-state index in [1.807, 2.05) is 56.3 Å². The Balaban J connectivity index is 1.66. The highest BCUT2D eigenvalue weighted by Crippen LogP contribution is 2.42. The van der Waals surface area contributed by atoms with Crippen LogP contribution in [0.4, 0.5) is 0 Å². The van der Waals surface area contributed by atoms with Gasteiger partial charge < -0.3 is 18.8 Å². The number of aryl methyl sites for hydroxylation is 2. The van der Waals surface area contributed by atoms with Gasteiger partial charge in [-0.25, -0.2) is 0 Å². The minimum atomic E-state index is -0.655. The molecule has 1 aliphatic rings. The van der Waals surface area contributed by atoms with Crippen molar-refractivity contribution in [3.8, 4) is 11.5 Å². The molecule has 4 aromatic rings. The van der Waals surface area contributed by atoms with Gasteiger partial charge in [-0.05, 0) is 72.7 Å².